The van der Waals surface area contributed by atoms with E-state index < -0.39 is 21.5 Å². The second-order valence-electron chi connectivity index (χ2n) is 6.80. The molecule has 152 valence electrons. The molecular weight excluding hydrogens is 456 g/mol. The number of hydrogen-bond donors (Lipinski definition) is 1. The van der Waals surface area contributed by atoms with Gasteiger partial charge in [-0.15, -0.1) is 0 Å². The minimum atomic E-state index is -3.55. The highest BCUT2D eigenvalue weighted by molar-refractivity contribution is 9.10. The van der Waals surface area contributed by atoms with Crippen molar-refractivity contribution in [1.29, 1.82) is 0 Å². The Balaban J connectivity index is 1.54. The third-order valence-corrected chi connectivity index (χ3v) is 6.18. The van der Waals surface area contributed by atoms with Gasteiger partial charge in [0.1, 0.15) is 5.75 Å². The maximum absolute atomic E-state index is 12.2. The van der Waals surface area contributed by atoms with Crippen LogP contribution in [0.5, 0.6) is 0 Å². The van der Waals surface area contributed by atoms with Crippen molar-refractivity contribution in [1.82, 2.24) is 20.1 Å². The topological polar surface area (TPSA) is 94.0 Å². The van der Waals surface area contributed by atoms with Crippen LogP contribution in [0.15, 0.2) is 53.1 Å². The predicted octanol–water partition coefficient (Wildman–Crippen LogP) is 2.88. The summed E-state index contributed by atoms with van der Waals surface area (Å²) in [7, 11) is -3.55. The quantitative estimate of drug-likeness (QED) is 0.565. The lowest BCUT2D eigenvalue weighted by Gasteiger charge is -2.08. The lowest BCUT2D eigenvalue weighted by Crippen LogP contribution is -2.30. The van der Waals surface area contributed by atoms with Crippen molar-refractivity contribution in [3.8, 4) is 5.82 Å². The number of nitrogens with one attached hydrogen (secondary N) is 1. The lowest BCUT2D eigenvalue weighted by atomic mass is 10.2. The third-order valence-electron chi connectivity index (χ3n) is 4.18. The number of pyridine rings is 1. The summed E-state index contributed by atoms with van der Waals surface area (Å²) in [5.74, 6) is -0.583. The fraction of sp³-hybridized carbons (Fsp3) is 0.250. The summed E-state index contributed by atoms with van der Waals surface area (Å²) in [5.41, 5.74) is 3.30. The first kappa shape index (κ1) is 21.2. The van der Waals surface area contributed by atoms with Gasteiger partial charge in [-0.1, -0.05) is 34.1 Å². The summed E-state index contributed by atoms with van der Waals surface area (Å²) in [4.78, 5) is 16.4. The van der Waals surface area contributed by atoms with Crippen LogP contribution < -0.4 is 5.32 Å². The van der Waals surface area contributed by atoms with Gasteiger partial charge in [-0.25, -0.2) is 18.1 Å². The maximum atomic E-state index is 12.2. The Hall–Kier alpha value is -2.52. The molecule has 7 nitrogen and oxygen atoms in total. The van der Waals surface area contributed by atoms with Crippen LogP contribution >= 0.6 is 15.9 Å². The number of aromatic nitrogens is 3. The minimum absolute atomic E-state index is 0.174. The number of nitrogens with zero attached hydrogens (tertiary/aromatic N) is 3. The number of amides is 1. The molecular formula is C20H21BrN4O3S. The average Bonchev–Trinajstić information content (AvgIpc) is 3.00. The molecule has 1 amide bonds. The third kappa shape index (κ3) is 5.98. The van der Waals surface area contributed by atoms with Gasteiger partial charge in [0.15, 0.2) is 15.7 Å². The standard InChI is InChI=1S/C20H21BrN4O3S/c1-14-9-15(2)25(24-14)19-8-5-17(10-22-19)11-23-20(26)13-29(27,28)12-16-3-6-18(21)7-4-16/h3-10H,11-13H2,1-2H3,(H,23,26). The molecule has 0 fully saturated rings. The summed E-state index contributed by atoms with van der Waals surface area (Å²) < 4.78 is 27.1. The Morgan fingerprint density at radius 3 is 2.38 bits per heavy atom. The Morgan fingerprint density at radius 2 is 1.79 bits per heavy atom. The summed E-state index contributed by atoms with van der Waals surface area (Å²) in [6, 6.07) is 12.6. The van der Waals surface area contributed by atoms with Gasteiger partial charge in [0.05, 0.1) is 11.4 Å². The molecule has 0 atom stereocenters. The Labute approximate surface area is 178 Å². The van der Waals surface area contributed by atoms with Crippen molar-refractivity contribution in [3.05, 3.63) is 75.6 Å². The average molecular weight is 477 g/mol. The van der Waals surface area contributed by atoms with E-state index in [1.807, 2.05) is 32.0 Å². The van der Waals surface area contributed by atoms with Crippen molar-refractivity contribution >= 4 is 31.7 Å². The minimum Gasteiger partial charge on any atom is -0.351 e. The normalized spacial score (nSPS) is 11.4. The smallest absolute Gasteiger partial charge is 0.235 e. The summed E-state index contributed by atoms with van der Waals surface area (Å²) in [5, 5.41) is 7.02. The lowest BCUT2D eigenvalue weighted by molar-refractivity contribution is -0.118. The van der Waals surface area contributed by atoms with Gasteiger partial charge in [-0.2, -0.15) is 5.10 Å². The summed E-state index contributed by atoms with van der Waals surface area (Å²) in [6.07, 6.45) is 1.64. The number of rotatable bonds is 7. The van der Waals surface area contributed by atoms with Crippen molar-refractivity contribution in [3.63, 3.8) is 0 Å². The highest BCUT2D eigenvalue weighted by Gasteiger charge is 2.17. The zero-order valence-corrected chi connectivity index (χ0v) is 18.5. The molecule has 1 N–H and O–H groups in total. The Kier molecular flexibility index (Phi) is 6.49. The first-order chi connectivity index (χ1) is 13.7. The van der Waals surface area contributed by atoms with E-state index in [9.17, 15) is 13.2 Å². The molecule has 3 aromatic rings. The van der Waals surface area contributed by atoms with Crippen LogP contribution in [-0.4, -0.2) is 34.8 Å². The molecule has 29 heavy (non-hydrogen) atoms. The van der Waals surface area contributed by atoms with Crippen LogP contribution in [0, 0.1) is 13.8 Å². The van der Waals surface area contributed by atoms with Crippen molar-refractivity contribution in [2.24, 2.45) is 0 Å². The zero-order valence-electron chi connectivity index (χ0n) is 16.1. The number of halogens is 1. The van der Waals surface area contributed by atoms with Crippen molar-refractivity contribution < 1.29 is 13.2 Å². The maximum Gasteiger partial charge on any atom is 0.235 e. The van der Waals surface area contributed by atoms with Crippen LogP contribution in [0.1, 0.15) is 22.5 Å². The Bertz CT molecular complexity index is 1110. The van der Waals surface area contributed by atoms with Gasteiger partial charge < -0.3 is 5.32 Å². The van der Waals surface area contributed by atoms with E-state index in [1.54, 1.807) is 35.1 Å². The molecule has 0 bridgehead atoms. The first-order valence-corrected chi connectivity index (χ1v) is 11.5. The number of hydrogen-bond acceptors (Lipinski definition) is 5. The SMILES string of the molecule is Cc1cc(C)n(-c2ccc(CNC(=O)CS(=O)(=O)Cc3ccc(Br)cc3)cn2)n1. The van der Waals surface area contributed by atoms with Crippen LogP contribution in [0.4, 0.5) is 0 Å². The summed E-state index contributed by atoms with van der Waals surface area (Å²) in [6.45, 7) is 4.07. The monoisotopic (exact) mass is 476 g/mol. The molecule has 0 aliphatic rings. The molecule has 2 aromatic heterocycles. The van der Waals surface area contributed by atoms with Crippen LogP contribution in [0.2, 0.25) is 0 Å². The molecule has 3 rings (SSSR count). The number of benzene rings is 1. The molecule has 9 heteroatoms. The van der Waals surface area contributed by atoms with E-state index >= 15 is 0 Å². The van der Waals surface area contributed by atoms with Gasteiger partial charge in [-0.05, 0) is 49.2 Å². The molecule has 0 unspecified atom stereocenters. The van der Waals surface area contributed by atoms with Crippen molar-refractivity contribution in [2.75, 3.05) is 5.75 Å². The molecule has 0 saturated heterocycles. The van der Waals surface area contributed by atoms with E-state index in [-0.39, 0.29) is 12.3 Å². The van der Waals surface area contributed by atoms with E-state index in [1.165, 1.54) is 0 Å². The number of aryl methyl sites for hydroxylation is 2. The molecule has 0 radical (unpaired) electrons. The van der Waals surface area contributed by atoms with Crippen LogP contribution in [0.3, 0.4) is 0 Å². The predicted molar refractivity (Wildman–Crippen MR) is 114 cm³/mol. The van der Waals surface area contributed by atoms with Gasteiger partial charge >= 0.3 is 0 Å². The van der Waals surface area contributed by atoms with Gasteiger partial charge in [0, 0.05) is 22.9 Å². The van der Waals surface area contributed by atoms with E-state index in [0.717, 1.165) is 21.4 Å². The molecule has 0 saturated carbocycles. The van der Waals surface area contributed by atoms with Gasteiger partial charge in [0.25, 0.3) is 0 Å². The van der Waals surface area contributed by atoms with Gasteiger partial charge in [0.2, 0.25) is 5.91 Å². The summed E-state index contributed by atoms with van der Waals surface area (Å²) >= 11 is 3.31. The molecule has 0 aliphatic heterocycles. The zero-order chi connectivity index (χ0) is 21.0. The van der Waals surface area contributed by atoms with E-state index in [0.29, 0.717) is 11.4 Å². The van der Waals surface area contributed by atoms with Crippen LogP contribution in [-0.2, 0) is 26.9 Å². The van der Waals surface area contributed by atoms with Gasteiger partial charge in [-0.3, -0.25) is 4.79 Å². The second kappa shape index (κ2) is 8.87. The first-order valence-electron chi connectivity index (χ1n) is 8.92. The Morgan fingerprint density at radius 1 is 1.10 bits per heavy atom. The fourth-order valence-electron chi connectivity index (χ4n) is 2.84. The number of carbonyl (C=O) groups is 1. The molecule has 1 aromatic carbocycles. The largest absolute Gasteiger partial charge is 0.351 e. The van der Waals surface area contributed by atoms with E-state index in [4.69, 9.17) is 0 Å². The number of carbonyl (C=O) groups excluding carboxylic acids is 1. The fourth-order valence-corrected chi connectivity index (χ4v) is 4.41. The van der Waals surface area contributed by atoms with E-state index in [2.05, 4.69) is 31.3 Å². The highest BCUT2D eigenvalue weighted by Crippen LogP contribution is 2.13. The molecule has 2 heterocycles. The number of sulfone groups is 1. The van der Waals surface area contributed by atoms with Crippen LogP contribution in [0.25, 0.3) is 5.82 Å². The highest BCUT2D eigenvalue weighted by atomic mass is 79.9. The molecule has 0 spiro atoms. The van der Waals surface area contributed by atoms with Crippen molar-refractivity contribution in [2.45, 2.75) is 26.1 Å². The second-order valence-corrected chi connectivity index (χ2v) is 9.78. The molecule has 0 aliphatic carbocycles.